The highest BCUT2D eigenvalue weighted by atomic mass is 16.4. The number of hydrogen-bond acceptors (Lipinski definition) is 2. The van der Waals surface area contributed by atoms with E-state index in [1.807, 2.05) is 29.7 Å². The second-order valence-electron chi connectivity index (χ2n) is 4.84. The lowest BCUT2D eigenvalue weighted by atomic mass is 10.1. The van der Waals surface area contributed by atoms with Crippen molar-refractivity contribution in [2.24, 2.45) is 5.11 Å². The van der Waals surface area contributed by atoms with Gasteiger partial charge in [0.25, 0.3) is 5.91 Å². The number of nitrogens with zero attached hydrogens (tertiary/aromatic N) is 4. The molecule has 0 fully saturated rings. The van der Waals surface area contributed by atoms with Gasteiger partial charge in [-0.25, -0.2) is 4.79 Å². The van der Waals surface area contributed by atoms with E-state index in [-0.39, 0.29) is 0 Å². The molecule has 0 bridgehead atoms. The number of carbonyl (C=O) groups excluding carboxylic acids is 1. The Hall–Kier alpha value is -2.99. The van der Waals surface area contributed by atoms with Crippen molar-refractivity contribution in [3.8, 4) is 0 Å². The topological polar surface area (TPSA) is 120 Å². The van der Waals surface area contributed by atoms with Gasteiger partial charge in [0.2, 0.25) is 0 Å². The lowest BCUT2D eigenvalue weighted by molar-refractivity contribution is 0.100. The molecule has 0 aliphatic rings. The van der Waals surface area contributed by atoms with Crippen molar-refractivity contribution in [3.63, 3.8) is 0 Å². The van der Waals surface area contributed by atoms with Crippen LogP contribution in [0.1, 0.15) is 22.3 Å². The first kappa shape index (κ1) is 15.4. The number of aryl methyl sites for hydroxylation is 2. The Bertz CT molecular complexity index is 774. The predicted octanol–water partition coefficient (Wildman–Crippen LogP) is 3.06. The van der Waals surface area contributed by atoms with Crippen LogP contribution < -0.4 is 5.32 Å². The van der Waals surface area contributed by atoms with Crippen molar-refractivity contribution >= 4 is 22.9 Å². The van der Waals surface area contributed by atoms with Gasteiger partial charge in [-0.1, -0.05) is 11.6 Å². The highest BCUT2D eigenvalue weighted by molar-refractivity contribution is 6.07. The van der Waals surface area contributed by atoms with Crippen LogP contribution >= 0.6 is 0 Å². The quantitative estimate of drug-likeness (QED) is 0.382. The first-order valence-corrected chi connectivity index (χ1v) is 6.68. The van der Waals surface area contributed by atoms with Gasteiger partial charge < -0.3 is 15.0 Å². The molecular formula is C14H15N5O3. The molecule has 0 unspecified atom stereocenters. The van der Waals surface area contributed by atoms with E-state index in [4.69, 9.17) is 10.6 Å². The molecule has 0 aliphatic carbocycles. The fourth-order valence-corrected chi connectivity index (χ4v) is 2.31. The largest absolute Gasteiger partial charge is 0.465 e. The summed E-state index contributed by atoms with van der Waals surface area (Å²) in [6.07, 6.45) is 1.16. The number of rotatable bonds is 5. The standard InChI is InChI=1S/C14H15N5O3/c1-9-3-4-12-10(7-9)11(13(20)17-18-15)8-19(12)6-2-5-16-14(21)22/h3-4,7-8,16H,2,5-6H2,1H3,(H,21,22). The maximum absolute atomic E-state index is 11.9. The number of benzene rings is 1. The zero-order chi connectivity index (χ0) is 16.1. The van der Waals surface area contributed by atoms with Crippen LogP contribution in [0.3, 0.4) is 0 Å². The van der Waals surface area contributed by atoms with Gasteiger partial charge in [0, 0.05) is 40.7 Å². The molecule has 114 valence electrons. The van der Waals surface area contributed by atoms with E-state index in [1.54, 1.807) is 6.20 Å². The number of fused-ring (bicyclic) bond motifs is 1. The molecule has 2 amide bonds. The first-order valence-electron chi connectivity index (χ1n) is 6.68. The average Bonchev–Trinajstić information content (AvgIpc) is 2.81. The number of amides is 2. The lowest BCUT2D eigenvalue weighted by Gasteiger charge is -2.05. The molecular weight excluding hydrogens is 286 g/mol. The van der Waals surface area contributed by atoms with Crippen LogP contribution in [0.5, 0.6) is 0 Å². The van der Waals surface area contributed by atoms with Crippen molar-refractivity contribution in [2.45, 2.75) is 19.9 Å². The summed E-state index contributed by atoms with van der Waals surface area (Å²) in [6.45, 7) is 2.78. The van der Waals surface area contributed by atoms with Crippen molar-refractivity contribution < 1.29 is 14.7 Å². The third-order valence-corrected chi connectivity index (χ3v) is 3.25. The fraction of sp³-hybridized carbons (Fsp3) is 0.286. The number of hydrogen-bond donors (Lipinski definition) is 2. The summed E-state index contributed by atoms with van der Waals surface area (Å²) >= 11 is 0. The molecule has 2 N–H and O–H groups in total. The molecule has 0 spiro atoms. The Balaban J connectivity index is 2.32. The minimum atomic E-state index is -1.06. The molecule has 1 aromatic heterocycles. The molecule has 8 heteroatoms. The number of nitrogens with one attached hydrogen (secondary N) is 1. The van der Waals surface area contributed by atoms with Crippen molar-refractivity contribution in [2.75, 3.05) is 6.54 Å². The summed E-state index contributed by atoms with van der Waals surface area (Å²) < 4.78 is 1.86. The highest BCUT2D eigenvalue weighted by Crippen LogP contribution is 2.24. The highest BCUT2D eigenvalue weighted by Gasteiger charge is 2.14. The van der Waals surface area contributed by atoms with Crippen LogP contribution in [0.15, 0.2) is 29.5 Å². The number of carbonyl (C=O) groups is 2. The number of carboxylic acid groups (broad SMARTS) is 1. The van der Waals surface area contributed by atoms with E-state index in [9.17, 15) is 9.59 Å². The minimum absolute atomic E-state index is 0.320. The van der Waals surface area contributed by atoms with Gasteiger partial charge in [0.05, 0.1) is 0 Å². The molecule has 0 atom stereocenters. The monoisotopic (exact) mass is 301 g/mol. The smallest absolute Gasteiger partial charge is 0.404 e. The van der Waals surface area contributed by atoms with Crippen molar-refractivity contribution in [1.29, 1.82) is 0 Å². The summed E-state index contributed by atoms with van der Waals surface area (Å²) in [5.41, 5.74) is 10.6. The second-order valence-corrected chi connectivity index (χ2v) is 4.84. The summed E-state index contributed by atoms with van der Waals surface area (Å²) in [7, 11) is 0. The van der Waals surface area contributed by atoms with E-state index < -0.39 is 12.0 Å². The molecule has 0 saturated carbocycles. The Morgan fingerprint density at radius 3 is 2.91 bits per heavy atom. The normalized spacial score (nSPS) is 10.2. The summed E-state index contributed by atoms with van der Waals surface area (Å²) in [4.78, 5) is 24.8. The maximum Gasteiger partial charge on any atom is 0.404 e. The average molecular weight is 301 g/mol. The zero-order valence-corrected chi connectivity index (χ0v) is 12.0. The summed E-state index contributed by atoms with van der Waals surface area (Å²) in [5.74, 6) is -0.625. The fourth-order valence-electron chi connectivity index (χ4n) is 2.31. The van der Waals surface area contributed by atoms with Gasteiger partial charge in [-0.05, 0) is 36.1 Å². The van der Waals surface area contributed by atoms with E-state index >= 15 is 0 Å². The Kier molecular flexibility index (Phi) is 4.65. The molecule has 1 aromatic carbocycles. The van der Waals surface area contributed by atoms with E-state index in [0.29, 0.717) is 25.1 Å². The van der Waals surface area contributed by atoms with Crippen LogP contribution in [0.2, 0.25) is 0 Å². The SMILES string of the molecule is Cc1ccc2c(c1)c(C(=O)N=[N+]=[N-])cn2CCCNC(=O)O. The molecule has 2 rings (SSSR count). The van der Waals surface area contributed by atoms with E-state index in [1.165, 1.54) is 0 Å². The Labute approximate surface area is 126 Å². The molecule has 22 heavy (non-hydrogen) atoms. The Morgan fingerprint density at radius 1 is 1.45 bits per heavy atom. The van der Waals surface area contributed by atoms with E-state index in [2.05, 4.69) is 15.3 Å². The molecule has 0 aliphatic heterocycles. The zero-order valence-electron chi connectivity index (χ0n) is 12.0. The summed E-state index contributed by atoms with van der Waals surface area (Å²) in [5, 5.41) is 14.7. The van der Waals surface area contributed by atoms with Gasteiger partial charge in [0.1, 0.15) is 0 Å². The molecule has 0 saturated heterocycles. The molecule has 2 aromatic rings. The van der Waals surface area contributed by atoms with Crippen molar-refractivity contribution in [3.05, 3.63) is 46.0 Å². The van der Waals surface area contributed by atoms with Gasteiger partial charge in [-0.2, -0.15) is 0 Å². The summed E-state index contributed by atoms with van der Waals surface area (Å²) in [6, 6.07) is 5.68. The molecule has 1 heterocycles. The predicted molar refractivity (Wildman–Crippen MR) is 80.8 cm³/mol. The van der Waals surface area contributed by atoms with Crippen LogP contribution in [-0.4, -0.2) is 28.2 Å². The van der Waals surface area contributed by atoms with Crippen LogP contribution in [0.25, 0.3) is 21.3 Å². The number of aromatic nitrogens is 1. The lowest BCUT2D eigenvalue weighted by Crippen LogP contribution is -2.22. The third kappa shape index (κ3) is 3.36. The second kappa shape index (κ2) is 6.64. The first-order chi connectivity index (χ1) is 10.5. The van der Waals surface area contributed by atoms with Crippen molar-refractivity contribution in [1.82, 2.24) is 9.88 Å². The van der Waals surface area contributed by atoms with Crippen LogP contribution in [0, 0.1) is 6.92 Å². The van der Waals surface area contributed by atoms with Gasteiger partial charge in [-0.15, -0.1) is 0 Å². The minimum Gasteiger partial charge on any atom is -0.465 e. The van der Waals surface area contributed by atoms with Crippen LogP contribution in [0.4, 0.5) is 4.79 Å². The third-order valence-electron chi connectivity index (χ3n) is 3.25. The van der Waals surface area contributed by atoms with Gasteiger partial charge in [0.15, 0.2) is 0 Å². The van der Waals surface area contributed by atoms with Gasteiger partial charge in [-0.3, -0.25) is 4.79 Å². The Morgan fingerprint density at radius 2 is 2.23 bits per heavy atom. The number of azide groups is 1. The molecule has 0 radical (unpaired) electrons. The van der Waals surface area contributed by atoms with E-state index in [0.717, 1.165) is 16.5 Å². The maximum atomic E-state index is 11.9. The van der Waals surface area contributed by atoms with Crippen LogP contribution in [-0.2, 0) is 6.54 Å². The molecule has 8 nitrogen and oxygen atoms in total. The van der Waals surface area contributed by atoms with Gasteiger partial charge >= 0.3 is 6.09 Å².